The van der Waals surface area contributed by atoms with Gasteiger partial charge in [0, 0.05) is 33.3 Å². The first kappa shape index (κ1) is 39.4. The van der Waals surface area contributed by atoms with Crippen molar-refractivity contribution in [3.05, 3.63) is 53.3 Å². The van der Waals surface area contributed by atoms with Gasteiger partial charge in [0.05, 0.1) is 11.0 Å². The molecule has 0 radical (unpaired) electrons. The minimum atomic E-state index is -1.11. The number of anilines is 1. The van der Waals surface area contributed by atoms with Gasteiger partial charge in [0.25, 0.3) is 0 Å². The fourth-order valence-corrected chi connectivity index (χ4v) is 4.09. The topological polar surface area (TPSA) is 190 Å². The normalized spacial score (nSPS) is 11.5. The highest BCUT2D eigenvalue weighted by atomic mass is 79.9. The fourth-order valence-electron chi connectivity index (χ4n) is 3.71. The van der Waals surface area contributed by atoms with Crippen LogP contribution in [0, 0.1) is 0 Å². The molecule has 2 N–H and O–H groups in total. The molecule has 0 aliphatic heterocycles. The zero-order chi connectivity index (χ0) is 37.1. The standard InChI is InChI=1S/C19H25N3O6.C15H17BrN2O4/c1-18(2,3)28-17(25)27-9-8-26-16-20-11-12-10-13(6-7-14(12)21-16)22-19(4,5)15(23)24;1-15(2,3)22-14(19)21-7-6-20-13-17-9-10-8-11(16)4-5-12(10)18-13/h6-7,10-11,22H,8-9H2,1-5H3,(H,23,24);4-5,8-9H,6-7H2,1-3H3. The second kappa shape index (κ2) is 17.1. The van der Waals surface area contributed by atoms with Crippen LogP contribution in [0.5, 0.6) is 12.0 Å². The van der Waals surface area contributed by atoms with Crippen LogP contribution in [0.1, 0.15) is 55.4 Å². The molecule has 0 amide bonds. The quantitative estimate of drug-likeness (QED) is 0.118. The molecular formula is C34H42BrN5O10. The van der Waals surface area contributed by atoms with Crippen LogP contribution in [0.3, 0.4) is 0 Å². The number of hydrogen-bond donors (Lipinski definition) is 2. The monoisotopic (exact) mass is 759 g/mol. The number of ether oxygens (including phenoxy) is 6. The van der Waals surface area contributed by atoms with Gasteiger partial charge >= 0.3 is 30.3 Å². The van der Waals surface area contributed by atoms with Crippen LogP contribution in [0.4, 0.5) is 15.3 Å². The van der Waals surface area contributed by atoms with Crippen molar-refractivity contribution in [3.63, 3.8) is 0 Å². The van der Waals surface area contributed by atoms with Gasteiger partial charge < -0.3 is 38.8 Å². The Balaban J connectivity index is 0.000000278. The van der Waals surface area contributed by atoms with Gasteiger partial charge in [-0.25, -0.2) is 24.4 Å². The summed E-state index contributed by atoms with van der Waals surface area (Å²) >= 11 is 3.39. The number of aromatic nitrogens is 4. The second-order valence-electron chi connectivity index (χ2n) is 13.2. The van der Waals surface area contributed by atoms with Gasteiger partial charge in [-0.3, -0.25) is 0 Å². The summed E-state index contributed by atoms with van der Waals surface area (Å²) in [5, 5.41) is 13.8. The molecule has 0 aliphatic rings. The maximum atomic E-state index is 11.4. The first-order valence-corrected chi connectivity index (χ1v) is 16.3. The Bertz CT molecular complexity index is 1790. The highest BCUT2D eigenvalue weighted by Crippen LogP contribution is 2.22. The highest BCUT2D eigenvalue weighted by molar-refractivity contribution is 9.10. The number of nitrogens with zero attached hydrogens (tertiary/aromatic N) is 4. The van der Waals surface area contributed by atoms with E-state index >= 15 is 0 Å². The molecule has 50 heavy (non-hydrogen) atoms. The summed E-state index contributed by atoms with van der Waals surface area (Å²) in [7, 11) is 0. The van der Waals surface area contributed by atoms with Gasteiger partial charge in [-0.1, -0.05) is 15.9 Å². The summed E-state index contributed by atoms with van der Waals surface area (Å²) in [6.07, 6.45) is 1.77. The van der Waals surface area contributed by atoms with E-state index in [0.717, 1.165) is 20.8 Å². The first-order valence-electron chi connectivity index (χ1n) is 15.5. The number of carboxylic acids is 1. The Hall–Kier alpha value is -4.99. The summed E-state index contributed by atoms with van der Waals surface area (Å²) in [6, 6.07) is 11.3. The number of carbonyl (C=O) groups is 3. The third-order valence-corrected chi connectivity index (χ3v) is 6.41. The Morgan fingerprint density at radius 2 is 1.16 bits per heavy atom. The van der Waals surface area contributed by atoms with Crippen molar-refractivity contribution in [1.29, 1.82) is 0 Å². The third kappa shape index (κ3) is 13.9. The van der Waals surface area contributed by atoms with Crippen molar-refractivity contribution >= 4 is 61.7 Å². The van der Waals surface area contributed by atoms with E-state index in [1.807, 2.05) is 18.2 Å². The summed E-state index contributed by atoms with van der Waals surface area (Å²) in [4.78, 5) is 50.8. The summed E-state index contributed by atoms with van der Waals surface area (Å²) in [6.45, 7) is 14.0. The summed E-state index contributed by atoms with van der Waals surface area (Å²) in [5.74, 6) is -0.957. The lowest BCUT2D eigenvalue weighted by Crippen LogP contribution is -2.39. The van der Waals surface area contributed by atoms with Crippen molar-refractivity contribution < 1.29 is 47.9 Å². The first-order chi connectivity index (χ1) is 23.3. The lowest BCUT2D eigenvalue weighted by Gasteiger charge is -2.22. The van der Waals surface area contributed by atoms with E-state index in [-0.39, 0.29) is 38.4 Å². The largest absolute Gasteiger partial charge is 0.508 e. The molecule has 2 aromatic heterocycles. The molecular weight excluding hydrogens is 718 g/mol. The van der Waals surface area contributed by atoms with Crippen LogP contribution >= 0.6 is 15.9 Å². The number of aliphatic carboxylic acids is 1. The van der Waals surface area contributed by atoms with Gasteiger partial charge in [-0.2, -0.15) is 9.97 Å². The number of fused-ring (bicyclic) bond motifs is 2. The summed E-state index contributed by atoms with van der Waals surface area (Å²) < 4.78 is 31.5. The lowest BCUT2D eigenvalue weighted by molar-refractivity contribution is -0.141. The van der Waals surface area contributed by atoms with Crippen LogP contribution in [0.25, 0.3) is 21.8 Å². The van der Waals surface area contributed by atoms with Crippen LogP contribution in [0.2, 0.25) is 0 Å². The Morgan fingerprint density at radius 3 is 1.62 bits per heavy atom. The third-order valence-electron chi connectivity index (χ3n) is 5.92. The predicted octanol–water partition coefficient (Wildman–Crippen LogP) is 6.96. The zero-order valence-electron chi connectivity index (χ0n) is 29.2. The minimum Gasteiger partial charge on any atom is -0.480 e. The number of halogens is 1. The van der Waals surface area contributed by atoms with Gasteiger partial charge in [0.15, 0.2) is 0 Å². The van der Waals surface area contributed by atoms with Crippen LogP contribution in [0.15, 0.2) is 53.3 Å². The Kier molecular flexibility index (Phi) is 13.5. The molecule has 2 aromatic carbocycles. The van der Waals surface area contributed by atoms with E-state index in [4.69, 9.17) is 28.4 Å². The molecule has 15 nitrogen and oxygen atoms in total. The van der Waals surface area contributed by atoms with Gasteiger partial charge in [0.2, 0.25) is 0 Å². The number of carbonyl (C=O) groups excluding carboxylic acids is 2. The Labute approximate surface area is 298 Å². The predicted molar refractivity (Wildman–Crippen MR) is 187 cm³/mol. The van der Waals surface area contributed by atoms with Crippen molar-refractivity contribution in [3.8, 4) is 12.0 Å². The van der Waals surface area contributed by atoms with Crippen LogP contribution in [-0.4, -0.2) is 86.5 Å². The number of nitrogens with one attached hydrogen (secondary N) is 1. The average Bonchev–Trinajstić information content (AvgIpc) is 3.00. The molecule has 270 valence electrons. The van der Waals surface area contributed by atoms with Crippen molar-refractivity contribution in [1.82, 2.24) is 19.9 Å². The van der Waals surface area contributed by atoms with Gasteiger partial charge in [-0.05, 0) is 91.8 Å². The SMILES string of the molecule is CC(C)(C)OC(=O)OCCOc1ncc2cc(Br)ccc2n1.CC(C)(C)OC(=O)OCCOc1ncc2cc(NC(C)(C)C(=O)O)ccc2n1. The maximum absolute atomic E-state index is 11.4. The van der Waals surface area contributed by atoms with E-state index in [9.17, 15) is 19.5 Å². The summed E-state index contributed by atoms with van der Waals surface area (Å²) in [5.41, 5.74) is -0.243. The molecule has 0 atom stereocenters. The van der Waals surface area contributed by atoms with E-state index in [0.29, 0.717) is 11.2 Å². The van der Waals surface area contributed by atoms with Crippen molar-refractivity contribution in [2.24, 2.45) is 0 Å². The molecule has 0 unspecified atom stereocenters. The molecule has 16 heteroatoms. The molecule has 0 saturated carbocycles. The van der Waals surface area contributed by atoms with Crippen LogP contribution < -0.4 is 14.8 Å². The second-order valence-corrected chi connectivity index (χ2v) is 14.1. The van der Waals surface area contributed by atoms with E-state index in [1.165, 1.54) is 0 Å². The molecule has 2 heterocycles. The molecule has 0 spiro atoms. The molecule has 0 fully saturated rings. The molecule has 0 aliphatic carbocycles. The van der Waals surface area contributed by atoms with Crippen LogP contribution in [-0.2, 0) is 23.7 Å². The average molecular weight is 761 g/mol. The molecule has 4 aromatic rings. The fraction of sp³-hybridized carbons (Fsp3) is 0.441. The molecule has 0 bridgehead atoms. The van der Waals surface area contributed by atoms with Crippen molar-refractivity contribution in [2.75, 3.05) is 31.7 Å². The number of hydrogen-bond acceptors (Lipinski definition) is 14. The number of carboxylic acid groups (broad SMARTS) is 1. The van der Waals surface area contributed by atoms with E-state index in [1.54, 1.807) is 86.0 Å². The number of rotatable bonds is 11. The minimum absolute atomic E-state index is 0.00341. The Morgan fingerprint density at radius 1 is 0.700 bits per heavy atom. The molecule has 0 saturated heterocycles. The van der Waals surface area contributed by atoms with Crippen molar-refractivity contribution in [2.45, 2.75) is 72.1 Å². The van der Waals surface area contributed by atoms with Gasteiger partial charge in [-0.15, -0.1) is 0 Å². The van der Waals surface area contributed by atoms with Gasteiger partial charge in [0.1, 0.15) is 43.2 Å². The highest BCUT2D eigenvalue weighted by Gasteiger charge is 2.26. The van der Waals surface area contributed by atoms with E-state index < -0.39 is 35.0 Å². The maximum Gasteiger partial charge on any atom is 0.508 e. The zero-order valence-corrected chi connectivity index (χ0v) is 30.8. The van der Waals surface area contributed by atoms with E-state index in [2.05, 4.69) is 41.2 Å². The smallest absolute Gasteiger partial charge is 0.480 e. The number of benzene rings is 2. The lowest BCUT2D eigenvalue weighted by atomic mass is 10.1. The molecule has 4 rings (SSSR count).